The molecule has 21 heavy (non-hydrogen) atoms. The van der Waals surface area contributed by atoms with Gasteiger partial charge in [-0.25, -0.2) is 0 Å². The van der Waals surface area contributed by atoms with E-state index in [2.05, 4.69) is 60.4 Å². The van der Waals surface area contributed by atoms with Crippen molar-refractivity contribution in [1.29, 1.82) is 0 Å². The normalized spacial score (nSPS) is 22.0. The third kappa shape index (κ3) is 3.85. The number of hydrogen-bond donors (Lipinski definition) is 0. The first-order valence-corrected chi connectivity index (χ1v) is 8.47. The third-order valence-electron chi connectivity index (χ3n) is 4.95. The molecule has 1 heterocycles. The highest BCUT2D eigenvalue weighted by Crippen LogP contribution is 2.30. The molecule has 1 unspecified atom stereocenters. The van der Waals surface area contributed by atoms with Crippen LogP contribution in [0.3, 0.4) is 0 Å². The standard InChI is InChI=1S/C20H27N/c1-17-12-14-21(15-13-17)16-20(18-8-4-2-5-9-18)19-10-6-3-7-11-19/h2,4-6,8-11,17,20H,3,7,12-16H2,1H3. The lowest BCUT2D eigenvalue weighted by atomic mass is 9.86. The molecule has 0 N–H and O–H groups in total. The molecule has 0 spiro atoms. The molecule has 0 amide bonds. The molecule has 1 nitrogen and oxygen atoms in total. The average Bonchev–Trinajstić information content (AvgIpc) is 2.56. The van der Waals surface area contributed by atoms with Crippen LogP contribution in [0.25, 0.3) is 0 Å². The maximum Gasteiger partial charge on any atom is 0.0214 e. The zero-order valence-corrected chi connectivity index (χ0v) is 13.2. The van der Waals surface area contributed by atoms with Crippen molar-refractivity contribution in [3.63, 3.8) is 0 Å². The molecule has 0 saturated carbocycles. The minimum Gasteiger partial charge on any atom is -0.302 e. The van der Waals surface area contributed by atoms with E-state index in [9.17, 15) is 0 Å². The summed E-state index contributed by atoms with van der Waals surface area (Å²) in [7, 11) is 0. The summed E-state index contributed by atoms with van der Waals surface area (Å²) in [6.45, 7) is 6.09. The molecular weight excluding hydrogens is 254 g/mol. The second-order valence-electron chi connectivity index (χ2n) is 6.63. The van der Waals surface area contributed by atoms with Crippen LogP contribution in [0, 0.1) is 5.92 Å². The molecule has 0 aromatic heterocycles. The first-order valence-electron chi connectivity index (χ1n) is 8.47. The molecule has 1 aromatic carbocycles. The summed E-state index contributed by atoms with van der Waals surface area (Å²) in [5.74, 6) is 1.45. The van der Waals surface area contributed by atoms with Crippen LogP contribution in [0.5, 0.6) is 0 Å². The number of hydrogen-bond acceptors (Lipinski definition) is 1. The van der Waals surface area contributed by atoms with Crippen LogP contribution >= 0.6 is 0 Å². The smallest absolute Gasteiger partial charge is 0.0214 e. The quantitative estimate of drug-likeness (QED) is 0.768. The minimum absolute atomic E-state index is 0.538. The van der Waals surface area contributed by atoms with Gasteiger partial charge < -0.3 is 4.90 Å². The number of rotatable bonds is 4. The van der Waals surface area contributed by atoms with Crippen LogP contribution < -0.4 is 0 Å². The van der Waals surface area contributed by atoms with Gasteiger partial charge in [0.05, 0.1) is 0 Å². The van der Waals surface area contributed by atoms with Gasteiger partial charge in [-0.3, -0.25) is 0 Å². The number of benzene rings is 1. The van der Waals surface area contributed by atoms with E-state index in [0.717, 1.165) is 5.92 Å². The van der Waals surface area contributed by atoms with E-state index in [0.29, 0.717) is 5.92 Å². The van der Waals surface area contributed by atoms with Crippen LogP contribution in [-0.2, 0) is 0 Å². The summed E-state index contributed by atoms with van der Waals surface area (Å²) in [6, 6.07) is 11.1. The number of nitrogens with zero attached hydrogens (tertiary/aromatic N) is 1. The Balaban J connectivity index is 1.76. The van der Waals surface area contributed by atoms with Crippen molar-refractivity contribution in [1.82, 2.24) is 4.90 Å². The Bertz CT molecular complexity index is 492. The van der Waals surface area contributed by atoms with Gasteiger partial charge in [0.25, 0.3) is 0 Å². The van der Waals surface area contributed by atoms with E-state index in [-0.39, 0.29) is 0 Å². The summed E-state index contributed by atoms with van der Waals surface area (Å²) in [6.07, 6.45) is 12.3. The van der Waals surface area contributed by atoms with Gasteiger partial charge in [0.15, 0.2) is 0 Å². The van der Waals surface area contributed by atoms with Crippen LogP contribution in [0.2, 0.25) is 0 Å². The molecule has 2 aliphatic rings. The van der Waals surface area contributed by atoms with E-state index >= 15 is 0 Å². The lowest BCUT2D eigenvalue weighted by Gasteiger charge is -2.34. The van der Waals surface area contributed by atoms with Gasteiger partial charge in [0.1, 0.15) is 0 Å². The highest BCUT2D eigenvalue weighted by molar-refractivity contribution is 5.37. The zero-order valence-electron chi connectivity index (χ0n) is 13.2. The van der Waals surface area contributed by atoms with Gasteiger partial charge in [0.2, 0.25) is 0 Å². The Labute approximate surface area is 129 Å². The van der Waals surface area contributed by atoms with Crippen molar-refractivity contribution >= 4 is 0 Å². The van der Waals surface area contributed by atoms with Gasteiger partial charge in [-0.15, -0.1) is 0 Å². The monoisotopic (exact) mass is 281 g/mol. The molecule has 3 rings (SSSR count). The minimum atomic E-state index is 0.538. The van der Waals surface area contributed by atoms with Gasteiger partial charge in [-0.1, -0.05) is 55.5 Å². The lowest BCUT2D eigenvalue weighted by Crippen LogP contribution is -2.36. The van der Waals surface area contributed by atoms with Gasteiger partial charge in [-0.2, -0.15) is 0 Å². The van der Waals surface area contributed by atoms with Crippen molar-refractivity contribution in [3.8, 4) is 0 Å². The van der Waals surface area contributed by atoms with Crippen molar-refractivity contribution in [2.45, 2.75) is 38.5 Å². The summed E-state index contributed by atoms with van der Waals surface area (Å²) < 4.78 is 0. The molecule has 1 aliphatic carbocycles. The maximum atomic E-state index is 2.67. The number of allylic oxidation sites excluding steroid dienone is 3. The second kappa shape index (κ2) is 7.09. The van der Waals surface area contributed by atoms with Crippen molar-refractivity contribution in [3.05, 3.63) is 59.7 Å². The van der Waals surface area contributed by atoms with Gasteiger partial charge in [-0.05, 0) is 55.8 Å². The molecule has 1 fully saturated rings. The molecule has 1 saturated heterocycles. The Kier molecular flexibility index (Phi) is 4.92. The van der Waals surface area contributed by atoms with E-state index in [1.807, 2.05) is 0 Å². The molecule has 1 aromatic rings. The van der Waals surface area contributed by atoms with Crippen LogP contribution in [-0.4, -0.2) is 24.5 Å². The zero-order chi connectivity index (χ0) is 14.5. The van der Waals surface area contributed by atoms with Crippen molar-refractivity contribution in [2.75, 3.05) is 19.6 Å². The first kappa shape index (κ1) is 14.6. The Morgan fingerprint density at radius 2 is 1.86 bits per heavy atom. The Morgan fingerprint density at radius 3 is 2.52 bits per heavy atom. The maximum absolute atomic E-state index is 2.67. The Morgan fingerprint density at radius 1 is 1.10 bits per heavy atom. The predicted octanol–water partition coefficient (Wildman–Crippen LogP) is 4.78. The highest BCUT2D eigenvalue weighted by atomic mass is 15.1. The van der Waals surface area contributed by atoms with Crippen molar-refractivity contribution < 1.29 is 0 Å². The summed E-state index contributed by atoms with van der Waals surface area (Å²) >= 11 is 0. The van der Waals surface area contributed by atoms with Crippen LogP contribution in [0.4, 0.5) is 0 Å². The predicted molar refractivity (Wildman–Crippen MR) is 90.5 cm³/mol. The average molecular weight is 281 g/mol. The largest absolute Gasteiger partial charge is 0.302 e. The van der Waals surface area contributed by atoms with Crippen LogP contribution in [0.15, 0.2) is 54.1 Å². The van der Waals surface area contributed by atoms with E-state index < -0.39 is 0 Å². The molecular formula is C20H27N. The lowest BCUT2D eigenvalue weighted by molar-refractivity contribution is 0.187. The van der Waals surface area contributed by atoms with E-state index in [4.69, 9.17) is 0 Å². The molecule has 1 heteroatoms. The summed E-state index contributed by atoms with van der Waals surface area (Å²) in [5, 5.41) is 0. The van der Waals surface area contributed by atoms with Crippen LogP contribution in [0.1, 0.15) is 44.1 Å². The highest BCUT2D eigenvalue weighted by Gasteiger charge is 2.22. The van der Waals surface area contributed by atoms with Gasteiger partial charge >= 0.3 is 0 Å². The topological polar surface area (TPSA) is 3.24 Å². The Hall–Kier alpha value is -1.34. The molecule has 112 valence electrons. The van der Waals surface area contributed by atoms with Crippen molar-refractivity contribution in [2.24, 2.45) is 5.92 Å². The summed E-state index contributed by atoms with van der Waals surface area (Å²) in [5.41, 5.74) is 2.99. The fourth-order valence-corrected chi connectivity index (χ4v) is 3.48. The molecule has 0 radical (unpaired) electrons. The van der Waals surface area contributed by atoms with Gasteiger partial charge in [0, 0.05) is 12.5 Å². The second-order valence-corrected chi connectivity index (χ2v) is 6.63. The fraction of sp³-hybridized carbons (Fsp3) is 0.500. The molecule has 0 bridgehead atoms. The van der Waals surface area contributed by atoms with E-state index in [1.165, 1.54) is 56.5 Å². The number of likely N-dealkylation sites (tertiary alicyclic amines) is 1. The third-order valence-corrected chi connectivity index (χ3v) is 4.95. The van der Waals surface area contributed by atoms with E-state index in [1.54, 1.807) is 0 Å². The first-order chi connectivity index (χ1) is 10.3. The molecule has 1 atom stereocenters. The molecule has 1 aliphatic heterocycles. The summed E-state index contributed by atoms with van der Waals surface area (Å²) in [4.78, 5) is 2.67. The fourth-order valence-electron chi connectivity index (χ4n) is 3.48. The number of piperidine rings is 1. The SMILES string of the molecule is CC1CCN(CC(C2=CCCC=C2)c2ccccc2)CC1.